The maximum Gasteiger partial charge on any atom is 0.417 e. The first-order valence-electron chi connectivity index (χ1n) is 11.3. The zero-order chi connectivity index (χ0) is 24.6. The van der Waals surface area contributed by atoms with Crippen molar-refractivity contribution in [2.45, 2.75) is 32.5 Å². The minimum atomic E-state index is -4.53. The number of fused-ring (bicyclic) bond motifs is 1. The van der Waals surface area contributed by atoms with E-state index in [9.17, 15) is 18.0 Å². The molecular formula is C25H23F3N6O. The standard InChI is InChI=1S/C25H23F3N6O/c1-16-10-22(33-8-2-3-9-33)30-14-20(16)32-24(35)21-12-18-11-19(25(26,27)28)13-31-23(18)34(21)15-17-4-6-29-7-5-17/h4-7,10-14H,2-3,8-9,15H2,1H3,(H,32,35). The lowest BCUT2D eigenvalue weighted by atomic mass is 10.2. The molecule has 4 aromatic heterocycles. The van der Waals surface area contributed by atoms with Gasteiger partial charge in [0.2, 0.25) is 0 Å². The number of carbonyl (C=O) groups excluding carboxylic acids is 1. The van der Waals surface area contributed by atoms with Crippen molar-refractivity contribution in [1.82, 2.24) is 19.5 Å². The quantitative estimate of drug-likeness (QED) is 0.433. The Morgan fingerprint density at radius 1 is 1.06 bits per heavy atom. The van der Waals surface area contributed by atoms with Crippen LogP contribution in [0.25, 0.3) is 11.0 Å². The van der Waals surface area contributed by atoms with Crippen LogP contribution in [0, 0.1) is 6.92 Å². The van der Waals surface area contributed by atoms with E-state index < -0.39 is 17.6 Å². The molecule has 0 unspecified atom stereocenters. The largest absolute Gasteiger partial charge is 0.417 e. The van der Waals surface area contributed by atoms with Crippen LogP contribution in [0.1, 0.15) is 40.0 Å². The number of amides is 1. The van der Waals surface area contributed by atoms with Gasteiger partial charge in [-0.15, -0.1) is 0 Å². The van der Waals surface area contributed by atoms with E-state index in [1.54, 1.807) is 35.3 Å². The van der Waals surface area contributed by atoms with Gasteiger partial charge >= 0.3 is 6.18 Å². The van der Waals surface area contributed by atoms with Gasteiger partial charge < -0.3 is 14.8 Å². The fourth-order valence-electron chi connectivity index (χ4n) is 4.30. The molecule has 1 saturated heterocycles. The molecule has 0 saturated carbocycles. The van der Waals surface area contributed by atoms with Crippen molar-refractivity contribution < 1.29 is 18.0 Å². The second kappa shape index (κ2) is 9.01. The summed E-state index contributed by atoms with van der Waals surface area (Å²) >= 11 is 0. The Kier molecular flexibility index (Phi) is 5.88. The molecule has 0 aromatic carbocycles. The molecule has 0 radical (unpaired) electrons. The molecule has 5 rings (SSSR count). The average molecular weight is 480 g/mol. The monoisotopic (exact) mass is 480 g/mol. The molecule has 1 N–H and O–H groups in total. The average Bonchev–Trinajstić information content (AvgIpc) is 3.49. The van der Waals surface area contributed by atoms with Crippen molar-refractivity contribution in [2.75, 3.05) is 23.3 Å². The highest BCUT2D eigenvalue weighted by atomic mass is 19.4. The van der Waals surface area contributed by atoms with E-state index in [-0.39, 0.29) is 17.6 Å². The molecule has 0 bridgehead atoms. The van der Waals surface area contributed by atoms with Gasteiger partial charge in [0.15, 0.2) is 0 Å². The Balaban J connectivity index is 1.50. The zero-order valence-corrected chi connectivity index (χ0v) is 19.0. The predicted octanol–water partition coefficient (Wildman–Crippen LogP) is 5.05. The van der Waals surface area contributed by atoms with Crippen LogP contribution in [-0.2, 0) is 12.7 Å². The number of anilines is 2. The molecule has 0 spiro atoms. The summed E-state index contributed by atoms with van der Waals surface area (Å²) in [6, 6.07) is 7.95. The fraction of sp³-hybridized carbons (Fsp3) is 0.280. The molecule has 0 atom stereocenters. The van der Waals surface area contributed by atoms with Gasteiger partial charge in [0, 0.05) is 43.6 Å². The lowest BCUT2D eigenvalue weighted by molar-refractivity contribution is -0.137. The van der Waals surface area contributed by atoms with Crippen molar-refractivity contribution in [1.29, 1.82) is 0 Å². The van der Waals surface area contributed by atoms with Crippen LogP contribution in [-0.4, -0.2) is 38.5 Å². The van der Waals surface area contributed by atoms with Gasteiger partial charge in [0.05, 0.1) is 17.4 Å². The number of alkyl halides is 3. The van der Waals surface area contributed by atoms with Crippen molar-refractivity contribution in [3.63, 3.8) is 0 Å². The van der Waals surface area contributed by atoms with Crippen LogP contribution in [0.5, 0.6) is 0 Å². The van der Waals surface area contributed by atoms with E-state index in [2.05, 4.69) is 25.2 Å². The Morgan fingerprint density at radius 3 is 2.49 bits per heavy atom. The summed E-state index contributed by atoms with van der Waals surface area (Å²) < 4.78 is 41.4. The van der Waals surface area contributed by atoms with Crippen molar-refractivity contribution >= 4 is 28.4 Å². The lowest BCUT2D eigenvalue weighted by Gasteiger charge is -2.18. The summed E-state index contributed by atoms with van der Waals surface area (Å²) in [7, 11) is 0. The number of nitrogens with one attached hydrogen (secondary N) is 1. The van der Waals surface area contributed by atoms with E-state index in [0.717, 1.165) is 55.1 Å². The lowest BCUT2D eigenvalue weighted by Crippen LogP contribution is -2.20. The minimum Gasteiger partial charge on any atom is -0.357 e. The number of aryl methyl sites for hydroxylation is 1. The normalized spacial score (nSPS) is 14.0. The third-order valence-electron chi connectivity index (χ3n) is 6.16. The molecule has 0 aliphatic carbocycles. The number of rotatable bonds is 5. The fourth-order valence-corrected chi connectivity index (χ4v) is 4.30. The Hall–Kier alpha value is -3.95. The number of carbonyl (C=O) groups is 1. The van der Waals surface area contributed by atoms with Crippen LogP contribution >= 0.6 is 0 Å². The minimum absolute atomic E-state index is 0.201. The highest BCUT2D eigenvalue weighted by Crippen LogP contribution is 2.32. The molecule has 7 nitrogen and oxygen atoms in total. The Morgan fingerprint density at radius 2 is 1.80 bits per heavy atom. The molecular weight excluding hydrogens is 457 g/mol. The van der Waals surface area contributed by atoms with Crippen molar-refractivity contribution in [3.05, 3.63) is 77.5 Å². The van der Waals surface area contributed by atoms with E-state index in [0.29, 0.717) is 11.3 Å². The molecule has 5 heterocycles. The highest BCUT2D eigenvalue weighted by Gasteiger charge is 2.32. The maximum atomic E-state index is 13.3. The SMILES string of the molecule is Cc1cc(N2CCCC2)ncc1NC(=O)c1cc2cc(C(F)(F)F)cnc2n1Cc1ccncc1. The number of aromatic nitrogens is 4. The Labute approximate surface area is 199 Å². The summed E-state index contributed by atoms with van der Waals surface area (Å²) in [5.41, 5.74) is 1.86. The van der Waals surface area contributed by atoms with Crippen LogP contribution in [0.15, 0.2) is 55.1 Å². The van der Waals surface area contributed by atoms with E-state index in [1.807, 2.05) is 13.0 Å². The van der Waals surface area contributed by atoms with Gasteiger partial charge in [-0.2, -0.15) is 13.2 Å². The molecule has 1 amide bonds. The molecule has 1 aliphatic heterocycles. The number of nitrogens with zero attached hydrogens (tertiary/aromatic N) is 5. The topological polar surface area (TPSA) is 75.9 Å². The number of pyridine rings is 3. The van der Waals surface area contributed by atoms with Crippen molar-refractivity contribution in [3.8, 4) is 0 Å². The second-order valence-corrected chi connectivity index (χ2v) is 8.61. The van der Waals surface area contributed by atoms with Gasteiger partial charge in [-0.05, 0) is 61.2 Å². The Bertz CT molecular complexity index is 1380. The molecule has 1 aliphatic rings. The van der Waals surface area contributed by atoms with Gasteiger partial charge in [-0.3, -0.25) is 9.78 Å². The summed E-state index contributed by atoms with van der Waals surface area (Å²) in [5.74, 6) is 0.415. The summed E-state index contributed by atoms with van der Waals surface area (Å²) in [6.07, 6.45) is 3.38. The van der Waals surface area contributed by atoms with Crippen LogP contribution < -0.4 is 10.2 Å². The van der Waals surface area contributed by atoms with Gasteiger partial charge in [0.25, 0.3) is 5.91 Å². The van der Waals surface area contributed by atoms with Gasteiger partial charge in [-0.1, -0.05) is 0 Å². The smallest absolute Gasteiger partial charge is 0.357 e. The second-order valence-electron chi connectivity index (χ2n) is 8.61. The number of hydrogen-bond donors (Lipinski definition) is 1. The summed E-state index contributed by atoms with van der Waals surface area (Å²) in [6.45, 7) is 4.05. The molecule has 10 heteroatoms. The first kappa shape index (κ1) is 22.8. The molecule has 4 aromatic rings. The first-order chi connectivity index (χ1) is 16.8. The van der Waals surface area contributed by atoms with Gasteiger partial charge in [-0.25, -0.2) is 9.97 Å². The number of hydrogen-bond acceptors (Lipinski definition) is 5. The van der Waals surface area contributed by atoms with Crippen LogP contribution in [0.2, 0.25) is 0 Å². The highest BCUT2D eigenvalue weighted by molar-refractivity contribution is 6.06. The van der Waals surface area contributed by atoms with E-state index in [1.165, 1.54) is 6.07 Å². The number of halogens is 3. The molecule has 1 fully saturated rings. The third-order valence-corrected chi connectivity index (χ3v) is 6.16. The van der Waals surface area contributed by atoms with E-state index in [4.69, 9.17) is 0 Å². The third kappa shape index (κ3) is 4.68. The predicted molar refractivity (Wildman–Crippen MR) is 126 cm³/mol. The summed E-state index contributed by atoms with van der Waals surface area (Å²) in [5, 5.41) is 3.11. The van der Waals surface area contributed by atoms with Gasteiger partial charge in [0.1, 0.15) is 17.2 Å². The zero-order valence-electron chi connectivity index (χ0n) is 19.0. The van der Waals surface area contributed by atoms with Crippen LogP contribution in [0.4, 0.5) is 24.7 Å². The van der Waals surface area contributed by atoms with Crippen LogP contribution in [0.3, 0.4) is 0 Å². The first-order valence-corrected chi connectivity index (χ1v) is 11.3. The summed E-state index contributed by atoms with van der Waals surface area (Å²) in [4.78, 5) is 28.1. The van der Waals surface area contributed by atoms with E-state index >= 15 is 0 Å². The molecule has 180 valence electrons. The van der Waals surface area contributed by atoms with Crippen molar-refractivity contribution in [2.24, 2.45) is 0 Å². The molecule has 35 heavy (non-hydrogen) atoms. The maximum absolute atomic E-state index is 13.3.